The second-order valence-electron chi connectivity index (χ2n) is 8.20. The van der Waals surface area contributed by atoms with Crippen LogP contribution in [0.4, 0.5) is 5.69 Å². The van der Waals surface area contributed by atoms with E-state index in [9.17, 15) is 4.79 Å². The second kappa shape index (κ2) is 10.7. The molecule has 1 aliphatic heterocycles. The Morgan fingerprint density at radius 3 is 2.70 bits per heavy atom. The molecule has 174 valence electrons. The summed E-state index contributed by atoms with van der Waals surface area (Å²) in [6.45, 7) is 7.65. The summed E-state index contributed by atoms with van der Waals surface area (Å²) in [7, 11) is 0. The fraction of sp³-hybridized carbons (Fsp3) is 0.375. The van der Waals surface area contributed by atoms with Gasteiger partial charge >= 0.3 is 0 Å². The van der Waals surface area contributed by atoms with Gasteiger partial charge in [0.1, 0.15) is 10.9 Å². The number of carbonyl (C=O) groups excluding carboxylic acids is 1. The maximum atomic E-state index is 13.0. The zero-order valence-electron chi connectivity index (χ0n) is 18.7. The molecule has 33 heavy (non-hydrogen) atoms. The van der Waals surface area contributed by atoms with Crippen LogP contribution in [0, 0.1) is 0 Å². The van der Waals surface area contributed by atoms with Crippen molar-refractivity contribution >= 4 is 59.5 Å². The van der Waals surface area contributed by atoms with Crippen LogP contribution in [0.25, 0.3) is 10.9 Å². The third-order valence-electron chi connectivity index (χ3n) is 5.42. The maximum absolute atomic E-state index is 13.0. The summed E-state index contributed by atoms with van der Waals surface area (Å²) in [5, 5.41) is 4.44. The van der Waals surface area contributed by atoms with Gasteiger partial charge in [-0.05, 0) is 37.6 Å². The normalized spacial score (nSPS) is 16.0. The van der Waals surface area contributed by atoms with Gasteiger partial charge in [-0.15, -0.1) is 0 Å². The number of nitrogens with one attached hydrogen (secondary N) is 1. The lowest BCUT2D eigenvalue weighted by Gasteiger charge is -2.26. The van der Waals surface area contributed by atoms with Gasteiger partial charge in [-0.25, -0.2) is 9.97 Å². The summed E-state index contributed by atoms with van der Waals surface area (Å²) in [4.78, 5) is 24.9. The molecule has 0 saturated carbocycles. The van der Waals surface area contributed by atoms with Crippen molar-refractivity contribution in [3.8, 4) is 0 Å². The number of morpholine rings is 1. The van der Waals surface area contributed by atoms with Gasteiger partial charge in [0.05, 0.1) is 34.6 Å². The molecule has 3 aromatic rings. The van der Waals surface area contributed by atoms with Crippen LogP contribution in [-0.4, -0.2) is 52.3 Å². The zero-order chi connectivity index (χ0) is 23.4. The number of hydrogen-bond acceptors (Lipinski definition) is 8. The zero-order valence-corrected chi connectivity index (χ0v) is 21.3. The SMILES string of the molecule is CC(Sc1nc(CN2CCOCC2)nc2ccccc12)C(=O)Nc1cccc(C(C)(S)S)c1. The number of aromatic nitrogens is 2. The number of fused-ring (bicyclic) bond motifs is 1. The van der Waals surface area contributed by atoms with Gasteiger partial charge < -0.3 is 10.1 Å². The number of amides is 1. The van der Waals surface area contributed by atoms with Crippen LogP contribution in [0.1, 0.15) is 25.2 Å². The summed E-state index contributed by atoms with van der Waals surface area (Å²) in [5.41, 5.74) is 2.53. The summed E-state index contributed by atoms with van der Waals surface area (Å²) in [6.07, 6.45) is 0. The number of carbonyl (C=O) groups is 1. The van der Waals surface area contributed by atoms with Gasteiger partial charge in [0.25, 0.3) is 0 Å². The Balaban J connectivity index is 1.51. The smallest absolute Gasteiger partial charge is 0.237 e. The molecule has 1 amide bonds. The van der Waals surface area contributed by atoms with Gasteiger partial charge in [0, 0.05) is 24.2 Å². The number of nitrogens with zero attached hydrogens (tertiary/aromatic N) is 3. The van der Waals surface area contributed by atoms with Crippen LogP contribution in [0.15, 0.2) is 53.6 Å². The minimum Gasteiger partial charge on any atom is -0.379 e. The molecule has 2 heterocycles. The predicted octanol–water partition coefficient (Wildman–Crippen LogP) is 4.61. The summed E-state index contributed by atoms with van der Waals surface area (Å²) in [5.74, 6) is 0.676. The third-order valence-corrected chi connectivity index (χ3v) is 7.04. The quantitative estimate of drug-likeness (QED) is 0.191. The fourth-order valence-corrected chi connectivity index (χ4v) is 4.81. The van der Waals surface area contributed by atoms with Crippen molar-refractivity contribution in [2.45, 2.75) is 34.7 Å². The number of thiol groups is 2. The number of para-hydroxylation sites is 1. The molecule has 9 heteroatoms. The first-order chi connectivity index (χ1) is 15.8. The molecule has 2 aromatic carbocycles. The molecule has 0 radical (unpaired) electrons. The molecule has 1 aromatic heterocycles. The van der Waals surface area contributed by atoms with Crippen LogP contribution < -0.4 is 5.32 Å². The molecule has 0 aliphatic carbocycles. The highest BCUT2D eigenvalue weighted by Gasteiger charge is 2.21. The van der Waals surface area contributed by atoms with Crippen molar-refractivity contribution in [3.63, 3.8) is 0 Å². The molecule has 1 aliphatic rings. The van der Waals surface area contributed by atoms with Crippen LogP contribution in [0.2, 0.25) is 0 Å². The highest BCUT2D eigenvalue weighted by molar-refractivity contribution is 8.00. The Hall–Kier alpha value is -1.78. The molecule has 4 rings (SSSR count). The van der Waals surface area contributed by atoms with Gasteiger partial charge in [0.15, 0.2) is 0 Å². The first-order valence-corrected chi connectivity index (χ1v) is 12.7. The van der Waals surface area contributed by atoms with Crippen molar-refractivity contribution in [2.24, 2.45) is 0 Å². The summed E-state index contributed by atoms with van der Waals surface area (Å²) >= 11 is 10.5. The molecule has 1 fully saturated rings. The van der Waals surface area contributed by atoms with E-state index in [0.29, 0.717) is 6.54 Å². The van der Waals surface area contributed by atoms with Crippen LogP contribution in [-0.2, 0) is 20.2 Å². The second-order valence-corrected chi connectivity index (χ2v) is 11.7. The predicted molar refractivity (Wildman–Crippen MR) is 141 cm³/mol. The molecule has 6 nitrogen and oxygen atoms in total. The Morgan fingerprint density at radius 1 is 1.18 bits per heavy atom. The van der Waals surface area contributed by atoms with Crippen molar-refractivity contribution in [3.05, 3.63) is 59.9 Å². The topological polar surface area (TPSA) is 67.3 Å². The van der Waals surface area contributed by atoms with E-state index in [1.54, 1.807) is 0 Å². The van der Waals surface area contributed by atoms with Crippen LogP contribution >= 0.6 is 37.0 Å². The minimum atomic E-state index is -0.585. The lowest BCUT2D eigenvalue weighted by atomic mass is 10.1. The first-order valence-electron chi connectivity index (χ1n) is 10.9. The average molecular weight is 501 g/mol. The number of thioether (sulfide) groups is 1. The van der Waals surface area contributed by atoms with E-state index in [0.717, 1.165) is 59.3 Å². The van der Waals surface area contributed by atoms with Gasteiger partial charge in [-0.1, -0.05) is 42.1 Å². The molecule has 0 spiro atoms. The van der Waals surface area contributed by atoms with E-state index in [-0.39, 0.29) is 11.2 Å². The molecule has 1 N–H and O–H groups in total. The van der Waals surface area contributed by atoms with Gasteiger partial charge in [-0.3, -0.25) is 9.69 Å². The Kier molecular flexibility index (Phi) is 7.86. The molecular formula is C24H28N4O2S3. The summed E-state index contributed by atoms with van der Waals surface area (Å²) in [6, 6.07) is 15.5. The number of hydrogen-bond donors (Lipinski definition) is 3. The Bertz CT molecular complexity index is 1130. The third kappa shape index (κ3) is 6.42. The number of anilines is 1. The van der Waals surface area contributed by atoms with Gasteiger partial charge in [-0.2, -0.15) is 25.3 Å². The van der Waals surface area contributed by atoms with Crippen LogP contribution in [0.3, 0.4) is 0 Å². The van der Waals surface area contributed by atoms with Crippen LogP contribution in [0.5, 0.6) is 0 Å². The highest BCUT2D eigenvalue weighted by Crippen LogP contribution is 2.34. The standard InChI is InChI=1S/C24H28N4O2S3/c1-16(22(29)25-18-7-5-6-17(14-18)24(2,31)32)33-23-19-8-3-4-9-20(19)26-21(27-23)15-28-10-12-30-13-11-28/h3-9,14,16,31-32H,10-13,15H2,1-2H3,(H,25,29). The van der Waals surface area contributed by atoms with Crippen molar-refractivity contribution in [2.75, 3.05) is 31.6 Å². The van der Waals surface area contributed by atoms with E-state index in [2.05, 4.69) is 35.5 Å². The van der Waals surface area contributed by atoms with E-state index >= 15 is 0 Å². The van der Waals surface area contributed by atoms with E-state index < -0.39 is 4.08 Å². The van der Waals surface area contributed by atoms with Crippen molar-refractivity contribution < 1.29 is 9.53 Å². The molecule has 1 unspecified atom stereocenters. The minimum absolute atomic E-state index is 0.0883. The van der Waals surface area contributed by atoms with Crippen molar-refractivity contribution in [1.29, 1.82) is 0 Å². The maximum Gasteiger partial charge on any atom is 0.237 e. The average Bonchev–Trinajstić information content (AvgIpc) is 2.79. The number of rotatable bonds is 7. The number of ether oxygens (including phenoxy) is 1. The first kappa shape index (κ1) is 24.3. The van der Waals surface area contributed by atoms with E-state index in [4.69, 9.17) is 14.7 Å². The molecular weight excluding hydrogens is 472 g/mol. The van der Waals surface area contributed by atoms with Crippen molar-refractivity contribution in [1.82, 2.24) is 14.9 Å². The molecule has 0 bridgehead atoms. The molecule has 1 atom stereocenters. The van der Waals surface area contributed by atoms with E-state index in [1.165, 1.54) is 11.8 Å². The van der Waals surface area contributed by atoms with Gasteiger partial charge in [0.2, 0.25) is 5.91 Å². The fourth-order valence-electron chi connectivity index (χ4n) is 3.57. The van der Waals surface area contributed by atoms with E-state index in [1.807, 2.05) is 62.4 Å². The lowest BCUT2D eigenvalue weighted by molar-refractivity contribution is -0.115. The Morgan fingerprint density at radius 2 is 1.94 bits per heavy atom. The summed E-state index contributed by atoms with van der Waals surface area (Å²) < 4.78 is 4.86. The monoisotopic (exact) mass is 500 g/mol. The molecule has 1 saturated heterocycles. The number of benzene rings is 2. The largest absolute Gasteiger partial charge is 0.379 e. The highest BCUT2D eigenvalue weighted by atomic mass is 32.2. The Labute approximate surface area is 209 Å². The lowest BCUT2D eigenvalue weighted by Crippen LogP contribution is -2.36.